The highest BCUT2D eigenvalue weighted by Crippen LogP contribution is 2.74. The van der Waals surface area contributed by atoms with Crippen LogP contribution in [0.2, 0.25) is 13.1 Å². The maximum atomic E-state index is 2.59. The molecule has 1 fully saturated rings. The first-order chi connectivity index (χ1) is 14.6. The van der Waals surface area contributed by atoms with Crippen LogP contribution in [0.15, 0.2) is 121 Å². The molecule has 1 saturated heterocycles. The normalized spacial score (nSPS) is 18.3. The van der Waals surface area contributed by atoms with Gasteiger partial charge in [0, 0.05) is 0 Å². The second kappa shape index (κ2) is 7.30. The molecule has 0 aliphatic carbocycles. The lowest BCUT2D eigenvalue weighted by Gasteiger charge is -2.68. The summed E-state index contributed by atoms with van der Waals surface area (Å²) in [5, 5.41) is 0. The molecule has 1 heterocycles. The second-order valence-corrected chi connectivity index (χ2v) is 15.5. The van der Waals surface area contributed by atoms with E-state index in [1.165, 1.54) is 22.3 Å². The molecular formula is C28H26SSi. The van der Waals surface area contributed by atoms with Crippen molar-refractivity contribution in [1.29, 1.82) is 0 Å². The standard InChI is InChI=1S/C28H26SSi/c1-30(2)27(23-15-7-3-8-16-23,24-17-9-4-10-18-24)29-28(30,25-19-11-5-12-20-25)26-21-13-6-14-22-26/h3-22H,1-2H3. The van der Waals surface area contributed by atoms with Crippen LogP contribution in [0, 0.1) is 0 Å². The molecule has 1 aliphatic rings. The molecule has 0 atom stereocenters. The maximum Gasteiger partial charge on any atom is 0.105 e. The van der Waals surface area contributed by atoms with Crippen molar-refractivity contribution >= 4 is 19.8 Å². The average molecular weight is 423 g/mol. The van der Waals surface area contributed by atoms with Crippen molar-refractivity contribution in [1.82, 2.24) is 0 Å². The van der Waals surface area contributed by atoms with Crippen molar-refractivity contribution in [2.24, 2.45) is 0 Å². The lowest BCUT2D eigenvalue weighted by atomic mass is 10.0. The first-order valence-corrected chi connectivity index (χ1v) is 14.4. The monoisotopic (exact) mass is 422 g/mol. The molecule has 4 aromatic rings. The van der Waals surface area contributed by atoms with Crippen LogP contribution >= 0.6 is 11.8 Å². The van der Waals surface area contributed by atoms with Crippen molar-refractivity contribution in [3.63, 3.8) is 0 Å². The molecule has 0 nitrogen and oxygen atoms in total. The van der Waals surface area contributed by atoms with Crippen LogP contribution < -0.4 is 0 Å². The van der Waals surface area contributed by atoms with E-state index < -0.39 is 8.07 Å². The van der Waals surface area contributed by atoms with Gasteiger partial charge in [0.2, 0.25) is 0 Å². The van der Waals surface area contributed by atoms with Gasteiger partial charge in [-0.1, -0.05) is 134 Å². The third-order valence-corrected chi connectivity index (χ3v) is 16.7. The minimum absolute atomic E-state index is 0.00119. The van der Waals surface area contributed by atoms with Gasteiger partial charge in [0.25, 0.3) is 0 Å². The number of rotatable bonds is 4. The molecule has 4 aromatic carbocycles. The van der Waals surface area contributed by atoms with Gasteiger partial charge >= 0.3 is 0 Å². The predicted molar refractivity (Wildman–Crippen MR) is 132 cm³/mol. The van der Waals surface area contributed by atoms with Crippen LogP contribution in [0.3, 0.4) is 0 Å². The summed E-state index contributed by atoms with van der Waals surface area (Å²) < 4.78 is 0.00239. The summed E-state index contributed by atoms with van der Waals surface area (Å²) >= 11 is 2.15. The quantitative estimate of drug-likeness (QED) is 0.309. The third-order valence-electron chi connectivity index (χ3n) is 6.79. The smallest absolute Gasteiger partial charge is 0.105 e. The molecule has 0 radical (unpaired) electrons. The van der Waals surface area contributed by atoms with Crippen LogP contribution in [0.4, 0.5) is 0 Å². The van der Waals surface area contributed by atoms with E-state index in [-0.39, 0.29) is 8.74 Å². The Hall–Kier alpha value is -2.55. The molecule has 0 saturated carbocycles. The number of hydrogen-bond donors (Lipinski definition) is 0. The molecular weight excluding hydrogens is 396 g/mol. The van der Waals surface area contributed by atoms with Crippen molar-refractivity contribution in [2.45, 2.75) is 21.8 Å². The predicted octanol–water partition coefficient (Wildman–Crippen LogP) is 7.41. The number of hydrogen-bond acceptors (Lipinski definition) is 1. The van der Waals surface area contributed by atoms with Gasteiger partial charge in [-0.3, -0.25) is 0 Å². The zero-order valence-corrected chi connectivity index (χ0v) is 19.3. The fourth-order valence-electron chi connectivity index (χ4n) is 5.39. The summed E-state index contributed by atoms with van der Waals surface area (Å²) in [6.45, 7) is 5.17. The largest absolute Gasteiger partial charge is 0.136 e. The Balaban J connectivity index is 1.79. The first-order valence-electron chi connectivity index (χ1n) is 10.6. The third kappa shape index (κ3) is 2.54. The minimum Gasteiger partial charge on any atom is -0.136 e. The van der Waals surface area contributed by atoms with E-state index in [4.69, 9.17) is 0 Å². The summed E-state index contributed by atoms with van der Waals surface area (Å²) in [4.78, 5) is 0. The van der Waals surface area contributed by atoms with E-state index in [1.807, 2.05) is 0 Å². The van der Waals surface area contributed by atoms with Gasteiger partial charge in [0.1, 0.15) is 8.07 Å². The van der Waals surface area contributed by atoms with E-state index in [2.05, 4.69) is 146 Å². The first kappa shape index (κ1) is 19.4. The van der Waals surface area contributed by atoms with E-state index in [0.717, 1.165) is 0 Å². The Bertz CT molecular complexity index is 952. The number of thioether (sulfide) groups is 1. The van der Waals surface area contributed by atoms with Crippen LogP contribution in [0.5, 0.6) is 0 Å². The molecule has 1 aliphatic heterocycles. The zero-order chi connectivity index (χ0) is 20.7. The SMILES string of the molecule is C[Si]1(C)C(c2ccccc2)(c2ccccc2)SC1(c1ccccc1)c1ccccc1. The van der Waals surface area contributed by atoms with Gasteiger partial charge in [0.15, 0.2) is 0 Å². The fourth-order valence-corrected chi connectivity index (χ4v) is 14.1. The molecule has 0 spiro atoms. The summed E-state index contributed by atoms with van der Waals surface area (Å²) in [5.74, 6) is 0. The molecule has 0 bridgehead atoms. The lowest BCUT2D eigenvalue weighted by molar-refractivity contribution is 0.812. The van der Waals surface area contributed by atoms with Gasteiger partial charge in [0.05, 0.1) is 8.74 Å². The minimum atomic E-state index is -2.01. The van der Waals surface area contributed by atoms with E-state index in [1.54, 1.807) is 0 Å². The fraction of sp³-hybridized carbons (Fsp3) is 0.143. The highest BCUT2D eigenvalue weighted by atomic mass is 32.2. The molecule has 0 amide bonds. The summed E-state index contributed by atoms with van der Waals surface area (Å²) in [7, 11) is -2.01. The Labute approximate surface area is 185 Å². The zero-order valence-electron chi connectivity index (χ0n) is 17.5. The van der Waals surface area contributed by atoms with Crippen LogP contribution in [-0.4, -0.2) is 8.07 Å². The Morgan fingerprint density at radius 1 is 0.433 bits per heavy atom. The van der Waals surface area contributed by atoms with E-state index in [0.29, 0.717) is 0 Å². The van der Waals surface area contributed by atoms with Gasteiger partial charge in [-0.05, 0) is 22.3 Å². The van der Waals surface area contributed by atoms with Crippen molar-refractivity contribution in [3.8, 4) is 0 Å². The van der Waals surface area contributed by atoms with E-state index >= 15 is 0 Å². The van der Waals surface area contributed by atoms with Crippen LogP contribution in [0.1, 0.15) is 22.3 Å². The topological polar surface area (TPSA) is 0 Å². The summed E-state index contributed by atoms with van der Waals surface area (Å²) in [5.41, 5.74) is 5.72. The molecule has 148 valence electrons. The van der Waals surface area contributed by atoms with Crippen molar-refractivity contribution in [2.75, 3.05) is 0 Å². The number of benzene rings is 4. The highest BCUT2D eigenvalue weighted by Gasteiger charge is 2.73. The maximum absolute atomic E-state index is 2.59. The Morgan fingerprint density at radius 2 is 0.667 bits per heavy atom. The average Bonchev–Trinajstić information content (AvgIpc) is 2.81. The van der Waals surface area contributed by atoms with E-state index in [9.17, 15) is 0 Å². The van der Waals surface area contributed by atoms with Crippen molar-refractivity contribution in [3.05, 3.63) is 144 Å². The Kier molecular flexibility index (Phi) is 4.72. The second-order valence-electron chi connectivity index (χ2n) is 8.55. The van der Waals surface area contributed by atoms with Gasteiger partial charge < -0.3 is 0 Å². The Morgan fingerprint density at radius 3 is 0.867 bits per heavy atom. The van der Waals surface area contributed by atoms with Crippen LogP contribution in [-0.2, 0) is 8.74 Å². The van der Waals surface area contributed by atoms with Crippen molar-refractivity contribution < 1.29 is 0 Å². The molecule has 0 unspecified atom stereocenters. The summed E-state index contributed by atoms with van der Waals surface area (Å²) in [6, 6.07) is 44.7. The highest BCUT2D eigenvalue weighted by molar-refractivity contribution is 8.09. The molecule has 2 heteroatoms. The molecule has 5 rings (SSSR count). The van der Waals surface area contributed by atoms with Gasteiger partial charge in [-0.15, -0.1) is 11.8 Å². The molecule has 0 N–H and O–H groups in total. The summed E-state index contributed by atoms with van der Waals surface area (Å²) in [6.07, 6.45) is 0. The van der Waals surface area contributed by atoms with Gasteiger partial charge in [-0.25, -0.2) is 0 Å². The van der Waals surface area contributed by atoms with Gasteiger partial charge in [-0.2, -0.15) is 0 Å². The molecule has 30 heavy (non-hydrogen) atoms. The molecule has 0 aromatic heterocycles. The lowest BCUT2D eigenvalue weighted by Crippen LogP contribution is -2.73. The van der Waals surface area contributed by atoms with Crippen LogP contribution in [0.25, 0.3) is 0 Å².